The SMILES string of the molecule is COP(=O)(OC)OC(c1ccccc1Oc1ccccc1)P(=O)(OC)OC. The van der Waals surface area contributed by atoms with Crippen LogP contribution in [0.4, 0.5) is 0 Å². The van der Waals surface area contributed by atoms with Gasteiger partial charge < -0.3 is 13.8 Å². The van der Waals surface area contributed by atoms with E-state index in [4.69, 9.17) is 27.4 Å². The van der Waals surface area contributed by atoms with Crippen LogP contribution in [-0.2, 0) is 31.7 Å². The molecule has 2 rings (SSSR count). The molecule has 0 N–H and O–H groups in total. The van der Waals surface area contributed by atoms with Gasteiger partial charge in [0.05, 0.1) is 0 Å². The van der Waals surface area contributed by atoms with Crippen LogP contribution in [0.25, 0.3) is 0 Å². The average molecular weight is 416 g/mol. The number of hydrogen-bond donors (Lipinski definition) is 0. The van der Waals surface area contributed by atoms with Crippen molar-refractivity contribution in [1.29, 1.82) is 0 Å². The second-order valence-electron chi connectivity index (χ2n) is 5.13. The van der Waals surface area contributed by atoms with Crippen LogP contribution in [0.2, 0.25) is 0 Å². The number of phosphoric ester groups is 1. The molecule has 0 aromatic heterocycles. The van der Waals surface area contributed by atoms with Gasteiger partial charge in [-0.2, -0.15) is 0 Å². The van der Waals surface area contributed by atoms with E-state index in [0.717, 1.165) is 14.2 Å². The highest BCUT2D eigenvalue weighted by molar-refractivity contribution is 7.55. The highest BCUT2D eigenvalue weighted by Gasteiger charge is 2.44. The Labute approximate surface area is 158 Å². The highest BCUT2D eigenvalue weighted by Crippen LogP contribution is 2.67. The summed E-state index contributed by atoms with van der Waals surface area (Å²) in [6.45, 7) is 0. The van der Waals surface area contributed by atoms with Crippen LogP contribution in [0, 0.1) is 0 Å². The highest BCUT2D eigenvalue weighted by atomic mass is 31.2. The van der Waals surface area contributed by atoms with Gasteiger partial charge in [0.2, 0.25) is 0 Å². The molecule has 0 saturated heterocycles. The Balaban J connectivity index is 2.53. The normalized spacial score (nSPS) is 13.3. The Kier molecular flexibility index (Phi) is 7.77. The van der Waals surface area contributed by atoms with Crippen molar-refractivity contribution < 1.29 is 36.5 Å². The molecule has 0 amide bonds. The topological polar surface area (TPSA) is 89.5 Å². The quantitative estimate of drug-likeness (QED) is 0.477. The van der Waals surface area contributed by atoms with Crippen LogP contribution in [0.15, 0.2) is 54.6 Å². The van der Waals surface area contributed by atoms with Crippen molar-refractivity contribution in [2.24, 2.45) is 0 Å². The number of benzene rings is 2. The van der Waals surface area contributed by atoms with Gasteiger partial charge >= 0.3 is 15.4 Å². The van der Waals surface area contributed by atoms with Gasteiger partial charge in [-0.25, -0.2) is 4.57 Å². The summed E-state index contributed by atoms with van der Waals surface area (Å²) < 4.78 is 56.8. The lowest BCUT2D eigenvalue weighted by Crippen LogP contribution is -2.10. The maximum atomic E-state index is 13.1. The fourth-order valence-corrected chi connectivity index (χ4v) is 4.80. The fraction of sp³-hybridized carbons (Fsp3) is 0.294. The average Bonchev–Trinajstić information content (AvgIpc) is 2.72. The second kappa shape index (κ2) is 9.62. The zero-order valence-corrected chi connectivity index (χ0v) is 17.2. The second-order valence-corrected chi connectivity index (χ2v) is 9.24. The Morgan fingerprint density at radius 2 is 1.30 bits per heavy atom. The number of hydrogen-bond acceptors (Lipinski definition) is 8. The van der Waals surface area contributed by atoms with E-state index in [-0.39, 0.29) is 0 Å². The summed E-state index contributed by atoms with van der Waals surface area (Å²) >= 11 is 0. The zero-order chi connectivity index (χ0) is 19.9. The van der Waals surface area contributed by atoms with Gasteiger partial charge in [0, 0.05) is 34.0 Å². The molecule has 1 unspecified atom stereocenters. The molecule has 0 saturated carbocycles. The van der Waals surface area contributed by atoms with Gasteiger partial charge in [-0.3, -0.25) is 18.1 Å². The van der Waals surface area contributed by atoms with Crippen molar-refractivity contribution >= 4 is 15.4 Å². The van der Waals surface area contributed by atoms with Crippen LogP contribution in [0.3, 0.4) is 0 Å². The Morgan fingerprint density at radius 1 is 0.741 bits per heavy atom. The van der Waals surface area contributed by atoms with Crippen molar-refractivity contribution in [3.05, 3.63) is 60.2 Å². The van der Waals surface area contributed by atoms with E-state index in [1.54, 1.807) is 36.4 Å². The van der Waals surface area contributed by atoms with E-state index >= 15 is 0 Å². The van der Waals surface area contributed by atoms with Crippen LogP contribution in [-0.4, -0.2) is 28.4 Å². The predicted octanol–water partition coefficient (Wildman–Crippen LogP) is 5.38. The summed E-state index contributed by atoms with van der Waals surface area (Å²) in [6.07, 6.45) is 0. The van der Waals surface area contributed by atoms with Crippen LogP contribution in [0.1, 0.15) is 11.4 Å². The lowest BCUT2D eigenvalue weighted by atomic mass is 10.2. The van der Waals surface area contributed by atoms with Gasteiger partial charge in [-0.1, -0.05) is 36.4 Å². The first-order valence-corrected chi connectivity index (χ1v) is 10.9. The van der Waals surface area contributed by atoms with Gasteiger partial charge in [0.1, 0.15) is 11.5 Å². The first kappa shape index (κ1) is 21.8. The Bertz CT molecular complexity index is 811. The standard InChI is InChI=1S/C17H22O8P2/c1-20-26(18,21-2)17(25-27(19,22-3)23-4)15-12-8-9-13-16(15)24-14-10-6-5-7-11-14/h5-13,17H,1-4H3. The molecule has 8 nitrogen and oxygen atoms in total. The smallest absolute Gasteiger partial charge is 0.457 e. The number of ether oxygens (including phenoxy) is 1. The molecular formula is C17H22O8P2. The van der Waals surface area contributed by atoms with Crippen LogP contribution < -0.4 is 4.74 Å². The van der Waals surface area contributed by atoms with Crippen molar-refractivity contribution in [2.75, 3.05) is 28.4 Å². The molecule has 1 atom stereocenters. The molecule has 0 bridgehead atoms. The fourth-order valence-electron chi connectivity index (χ4n) is 2.23. The molecule has 0 radical (unpaired) electrons. The van der Waals surface area contributed by atoms with Crippen molar-refractivity contribution in [3.63, 3.8) is 0 Å². The predicted molar refractivity (Wildman–Crippen MR) is 100 cm³/mol. The Hall–Kier alpha value is -1.50. The summed E-state index contributed by atoms with van der Waals surface area (Å²) in [6, 6.07) is 15.7. The van der Waals surface area contributed by atoms with Gasteiger partial charge in [-0.15, -0.1) is 0 Å². The third-order valence-corrected chi connectivity index (χ3v) is 7.13. The molecule has 2 aromatic carbocycles. The van der Waals surface area contributed by atoms with E-state index in [0.29, 0.717) is 17.1 Å². The van der Waals surface area contributed by atoms with E-state index < -0.39 is 21.3 Å². The number of para-hydroxylation sites is 2. The first-order chi connectivity index (χ1) is 12.9. The maximum Gasteiger partial charge on any atom is 0.475 e. The molecule has 2 aromatic rings. The third-order valence-electron chi connectivity index (χ3n) is 3.63. The maximum absolute atomic E-state index is 13.1. The molecule has 10 heteroatoms. The summed E-state index contributed by atoms with van der Waals surface area (Å²) in [5.74, 6) is -0.546. The van der Waals surface area contributed by atoms with Crippen LogP contribution in [0.5, 0.6) is 11.5 Å². The van der Waals surface area contributed by atoms with Gasteiger partial charge in [-0.05, 0) is 18.2 Å². The van der Waals surface area contributed by atoms with Gasteiger partial charge in [0.15, 0.2) is 5.85 Å². The molecule has 0 aliphatic rings. The minimum atomic E-state index is -4.02. The van der Waals surface area contributed by atoms with Crippen LogP contribution >= 0.6 is 15.4 Å². The van der Waals surface area contributed by atoms with E-state index in [2.05, 4.69) is 0 Å². The molecule has 0 aliphatic heterocycles. The molecule has 0 heterocycles. The van der Waals surface area contributed by atoms with E-state index in [1.165, 1.54) is 14.2 Å². The minimum Gasteiger partial charge on any atom is -0.457 e. The Morgan fingerprint density at radius 3 is 1.85 bits per heavy atom. The zero-order valence-electron chi connectivity index (χ0n) is 15.4. The lowest BCUT2D eigenvalue weighted by molar-refractivity contribution is 0.115. The minimum absolute atomic E-state index is 0.294. The monoisotopic (exact) mass is 416 g/mol. The largest absolute Gasteiger partial charge is 0.475 e. The molecule has 148 valence electrons. The lowest BCUT2D eigenvalue weighted by Gasteiger charge is -2.28. The molecule has 0 spiro atoms. The molecular weight excluding hydrogens is 394 g/mol. The molecule has 27 heavy (non-hydrogen) atoms. The summed E-state index contributed by atoms with van der Waals surface area (Å²) in [5, 5.41) is 0. The van der Waals surface area contributed by atoms with E-state index in [1.807, 2.05) is 18.2 Å². The number of phosphoric acid groups is 1. The molecule has 0 fully saturated rings. The summed E-state index contributed by atoms with van der Waals surface area (Å²) in [5.41, 5.74) is 0.294. The summed E-state index contributed by atoms with van der Waals surface area (Å²) in [4.78, 5) is 0. The third kappa shape index (κ3) is 5.27. The van der Waals surface area contributed by atoms with Crippen molar-refractivity contribution in [2.45, 2.75) is 5.85 Å². The number of rotatable bonds is 10. The van der Waals surface area contributed by atoms with Crippen molar-refractivity contribution in [3.8, 4) is 11.5 Å². The molecule has 0 aliphatic carbocycles. The first-order valence-electron chi connectivity index (χ1n) is 7.84. The van der Waals surface area contributed by atoms with Gasteiger partial charge in [0.25, 0.3) is 0 Å². The summed E-state index contributed by atoms with van der Waals surface area (Å²) in [7, 11) is -3.22. The van der Waals surface area contributed by atoms with Crippen molar-refractivity contribution in [1.82, 2.24) is 0 Å². The van der Waals surface area contributed by atoms with E-state index in [9.17, 15) is 9.13 Å².